The number of benzene rings is 1. The third kappa shape index (κ3) is 2.11. The number of phenolic OH excluding ortho intramolecular Hbond substituents is 1. The molecule has 104 valence electrons. The van der Waals surface area contributed by atoms with Crippen molar-refractivity contribution in [2.45, 2.75) is 39.5 Å². The van der Waals surface area contributed by atoms with Crippen molar-refractivity contribution in [2.75, 3.05) is 0 Å². The molecule has 20 heavy (non-hydrogen) atoms. The van der Waals surface area contributed by atoms with Crippen LogP contribution in [0.15, 0.2) is 24.3 Å². The molecular formula is C16H19N3O. The molecule has 4 heteroatoms. The van der Waals surface area contributed by atoms with Gasteiger partial charge in [-0.15, -0.1) is 4.80 Å². The maximum absolute atomic E-state index is 10.5. The van der Waals surface area contributed by atoms with E-state index in [1.54, 1.807) is 4.80 Å². The quantitative estimate of drug-likeness (QED) is 0.852. The first-order valence-corrected chi connectivity index (χ1v) is 7.00. The summed E-state index contributed by atoms with van der Waals surface area (Å²) in [7, 11) is 0. The van der Waals surface area contributed by atoms with E-state index in [4.69, 9.17) is 0 Å². The molecule has 0 atom stereocenters. The van der Waals surface area contributed by atoms with E-state index in [9.17, 15) is 5.11 Å². The molecular weight excluding hydrogens is 250 g/mol. The van der Waals surface area contributed by atoms with Gasteiger partial charge in [0.2, 0.25) is 0 Å². The van der Waals surface area contributed by atoms with Gasteiger partial charge in [-0.1, -0.05) is 32.1 Å². The number of phenols is 1. The summed E-state index contributed by atoms with van der Waals surface area (Å²) in [5, 5.41) is 19.5. The maximum Gasteiger partial charge on any atom is 0.146 e. The Labute approximate surface area is 118 Å². The first kappa shape index (κ1) is 12.9. The first-order chi connectivity index (χ1) is 9.56. The van der Waals surface area contributed by atoms with Crippen molar-refractivity contribution >= 4 is 0 Å². The second-order valence-electron chi connectivity index (χ2n) is 5.64. The van der Waals surface area contributed by atoms with Gasteiger partial charge in [-0.25, -0.2) is 0 Å². The molecule has 0 amide bonds. The van der Waals surface area contributed by atoms with Gasteiger partial charge in [-0.2, -0.15) is 10.2 Å². The predicted molar refractivity (Wildman–Crippen MR) is 78.4 cm³/mol. The standard InChI is InChI=1S/C16H19N3O/c1-10(2)12-8-11(3)9-15(16(12)20)19-17-13-6-4-5-7-14(13)18-19/h4-5,8-10,20H,6-7H2,1-3H3. The molecule has 3 rings (SSSR count). The smallest absolute Gasteiger partial charge is 0.146 e. The molecule has 1 aliphatic carbocycles. The van der Waals surface area contributed by atoms with Crippen LogP contribution in [-0.4, -0.2) is 20.1 Å². The van der Waals surface area contributed by atoms with E-state index in [2.05, 4.69) is 36.2 Å². The minimum absolute atomic E-state index is 0.264. The third-order valence-corrected chi connectivity index (χ3v) is 3.65. The van der Waals surface area contributed by atoms with Crippen molar-refractivity contribution in [1.82, 2.24) is 15.0 Å². The molecule has 2 aromatic rings. The highest BCUT2D eigenvalue weighted by atomic mass is 16.3. The summed E-state index contributed by atoms with van der Waals surface area (Å²) in [6.07, 6.45) is 5.85. The Morgan fingerprint density at radius 1 is 1.10 bits per heavy atom. The fourth-order valence-electron chi connectivity index (χ4n) is 2.56. The normalized spacial score (nSPS) is 13.8. The molecule has 1 aliphatic rings. The Morgan fingerprint density at radius 3 is 2.25 bits per heavy atom. The molecule has 0 saturated carbocycles. The van der Waals surface area contributed by atoms with Gasteiger partial charge in [-0.05, 0) is 30.0 Å². The van der Waals surface area contributed by atoms with Crippen LogP contribution in [0.3, 0.4) is 0 Å². The van der Waals surface area contributed by atoms with Gasteiger partial charge in [0, 0.05) is 12.8 Å². The van der Waals surface area contributed by atoms with E-state index >= 15 is 0 Å². The highest BCUT2D eigenvalue weighted by Crippen LogP contribution is 2.32. The monoisotopic (exact) mass is 269 g/mol. The number of nitrogens with zero attached hydrogens (tertiary/aromatic N) is 3. The van der Waals surface area contributed by atoms with Crippen LogP contribution in [0.2, 0.25) is 0 Å². The van der Waals surface area contributed by atoms with Gasteiger partial charge in [0.15, 0.2) is 0 Å². The zero-order chi connectivity index (χ0) is 14.3. The fraction of sp³-hybridized carbons (Fsp3) is 0.375. The van der Waals surface area contributed by atoms with Gasteiger partial charge in [0.1, 0.15) is 11.4 Å². The minimum atomic E-state index is 0.264. The summed E-state index contributed by atoms with van der Waals surface area (Å²) in [4.78, 5) is 1.58. The Hall–Kier alpha value is -2.10. The molecule has 0 unspecified atom stereocenters. The Balaban J connectivity index is 2.12. The summed E-state index contributed by atoms with van der Waals surface area (Å²) in [6, 6.07) is 3.95. The van der Waals surface area contributed by atoms with E-state index in [1.165, 1.54) is 0 Å². The van der Waals surface area contributed by atoms with Crippen LogP contribution in [0.1, 0.15) is 42.3 Å². The highest BCUT2D eigenvalue weighted by molar-refractivity contribution is 5.53. The van der Waals surface area contributed by atoms with E-state index in [0.717, 1.165) is 35.4 Å². The van der Waals surface area contributed by atoms with E-state index in [1.807, 2.05) is 19.1 Å². The molecule has 0 spiro atoms. The van der Waals surface area contributed by atoms with Crippen molar-refractivity contribution < 1.29 is 5.11 Å². The molecule has 0 saturated heterocycles. The average molecular weight is 269 g/mol. The Morgan fingerprint density at radius 2 is 1.70 bits per heavy atom. The summed E-state index contributed by atoms with van der Waals surface area (Å²) in [5.74, 6) is 0.548. The number of allylic oxidation sites excluding steroid dienone is 2. The predicted octanol–water partition coefficient (Wildman–Crippen LogP) is 3.06. The van der Waals surface area contributed by atoms with E-state index < -0.39 is 0 Å². The number of hydrogen-bond acceptors (Lipinski definition) is 3. The number of aromatic hydroxyl groups is 1. The summed E-state index contributed by atoms with van der Waals surface area (Å²) in [5.41, 5.74) is 4.71. The lowest BCUT2D eigenvalue weighted by molar-refractivity contribution is 0.456. The molecule has 0 radical (unpaired) electrons. The number of fused-ring (bicyclic) bond motifs is 1. The van der Waals surface area contributed by atoms with Crippen LogP contribution in [0.25, 0.3) is 5.69 Å². The van der Waals surface area contributed by atoms with E-state index in [-0.39, 0.29) is 11.7 Å². The van der Waals surface area contributed by atoms with Crippen LogP contribution < -0.4 is 0 Å². The van der Waals surface area contributed by atoms with Crippen molar-refractivity contribution in [3.8, 4) is 11.4 Å². The van der Waals surface area contributed by atoms with Gasteiger partial charge >= 0.3 is 0 Å². The second-order valence-corrected chi connectivity index (χ2v) is 5.64. The number of hydrogen-bond donors (Lipinski definition) is 1. The molecule has 1 heterocycles. The van der Waals surface area contributed by atoms with Crippen LogP contribution in [0, 0.1) is 6.92 Å². The average Bonchev–Trinajstić information content (AvgIpc) is 2.84. The van der Waals surface area contributed by atoms with Gasteiger partial charge in [0.25, 0.3) is 0 Å². The van der Waals surface area contributed by atoms with Crippen molar-refractivity contribution in [3.63, 3.8) is 0 Å². The first-order valence-electron chi connectivity index (χ1n) is 7.00. The third-order valence-electron chi connectivity index (χ3n) is 3.65. The van der Waals surface area contributed by atoms with Crippen LogP contribution >= 0.6 is 0 Å². The summed E-state index contributed by atoms with van der Waals surface area (Å²) >= 11 is 0. The highest BCUT2D eigenvalue weighted by Gasteiger charge is 2.18. The largest absolute Gasteiger partial charge is 0.505 e. The minimum Gasteiger partial charge on any atom is -0.505 e. The van der Waals surface area contributed by atoms with E-state index in [0.29, 0.717) is 5.69 Å². The molecule has 1 aromatic carbocycles. The topological polar surface area (TPSA) is 50.9 Å². The van der Waals surface area contributed by atoms with Crippen LogP contribution in [-0.2, 0) is 12.8 Å². The molecule has 0 fully saturated rings. The summed E-state index contributed by atoms with van der Waals surface area (Å²) < 4.78 is 0. The van der Waals surface area contributed by atoms with Gasteiger partial charge in [-0.3, -0.25) is 0 Å². The number of aromatic nitrogens is 3. The van der Waals surface area contributed by atoms with Crippen molar-refractivity contribution in [3.05, 3.63) is 46.8 Å². The summed E-state index contributed by atoms with van der Waals surface area (Å²) in [6.45, 7) is 6.17. The molecule has 1 N–H and O–H groups in total. The lowest BCUT2D eigenvalue weighted by Crippen LogP contribution is -2.03. The molecule has 0 bridgehead atoms. The van der Waals surface area contributed by atoms with Crippen molar-refractivity contribution in [2.24, 2.45) is 0 Å². The second kappa shape index (κ2) is 4.78. The Bertz CT molecular complexity index is 658. The van der Waals surface area contributed by atoms with Crippen LogP contribution in [0.4, 0.5) is 0 Å². The number of rotatable bonds is 2. The maximum atomic E-state index is 10.5. The lowest BCUT2D eigenvalue weighted by atomic mass is 9.99. The molecule has 4 nitrogen and oxygen atoms in total. The SMILES string of the molecule is Cc1cc(C(C)C)c(O)c(-n2nc3c(n2)CC=CC3)c1. The molecule has 1 aromatic heterocycles. The zero-order valence-corrected chi connectivity index (χ0v) is 12.1. The number of aryl methyl sites for hydroxylation is 1. The van der Waals surface area contributed by atoms with Crippen molar-refractivity contribution in [1.29, 1.82) is 0 Å². The van der Waals surface area contributed by atoms with Crippen LogP contribution in [0.5, 0.6) is 5.75 Å². The zero-order valence-electron chi connectivity index (χ0n) is 12.1. The van der Waals surface area contributed by atoms with Gasteiger partial charge in [0.05, 0.1) is 11.4 Å². The molecule has 0 aliphatic heterocycles. The lowest BCUT2D eigenvalue weighted by Gasteiger charge is -2.13. The Kier molecular flexibility index (Phi) is 3.08. The fourth-order valence-corrected chi connectivity index (χ4v) is 2.56. The van der Waals surface area contributed by atoms with Gasteiger partial charge < -0.3 is 5.11 Å².